The van der Waals surface area contributed by atoms with Gasteiger partial charge in [-0.3, -0.25) is 14.8 Å². The number of hydrogen-bond acceptors (Lipinski definition) is 9. The van der Waals surface area contributed by atoms with E-state index in [2.05, 4.69) is 20.4 Å². The lowest BCUT2D eigenvalue weighted by atomic mass is 10.1. The highest BCUT2D eigenvalue weighted by Crippen LogP contribution is 2.33. The third kappa shape index (κ3) is 1.99. The fourth-order valence-electron chi connectivity index (χ4n) is 2.36. The van der Waals surface area contributed by atoms with Crippen LogP contribution in [0.25, 0.3) is 11.2 Å². The van der Waals surface area contributed by atoms with Crippen LogP contribution in [0, 0.1) is 0 Å². The number of nitrogens with zero attached hydrogens (tertiary/aromatic N) is 3. The van der Waals surface area contributed by atoms with Crippen molar-refractivity contribution in [1.82, 2.24) is 19.5 Å². The second-order valence-corrected chi connectivity index (χ2v) is 4.58. The molecule has 0 radical (unpaired) electrons. The van der Waals surface area contributed by atoms with Crippen LogP contribution in [0.15, 0.2) is 11.1 Å². The molecule has 4 unspecified atom stereocenters. The van der Waals surface area contributed by atoms with Gasteiger partial charge in [-0.2, -0.15) is 0 Å². The van der Waals surface area contributed by atoms with E-state index >= 15 is 0 Å². The van der Waals surface area contributed by atoms with Gasteiger partial charge in [0.2, 0.25) is 5.95 Å². The smallest absolute Gasteiger partial charge is 0.278 e. The summed E-state index contributed by atoms with van der Waals surface area (Å²) in [5.41, 5.74) is 1.93. The van der Waals surface area contributed by atoms with E-state index in [4.69, 9.17) is 15.7 Å². The van der Waals surface area contributed by atoms with Crippen LogP contribution in [-0.4, -0.2) is 59.8 Å². The minimum absolute atomic E-state index is 0.00295. The summed E-state index contributed by atoms with van der Waals surface area (Å²) in [6.07, 6.45) is -3.51. The molecule has 21 heavy (non-hydrogen) atoms. The standard InChI is InChI=1S/C10H14N6O5/c11-15-10-14-4-7(12-2-13-8(4)20)16(10)9-6(19)5(18)3(1-17)21-9/h2-3,5-6,9,17-19H,1,11H2,(H,14,15)(H,12,13,20). The zero-order chi connectivity index (χ0) is 15.1. The number of rotatable bonds is 3. The van der Waals surface area contributed by atoms with Gasteiger partial charge in [0.25, 0.3) is 5.56 Å². The van der Waals surface area contributed by atoms with Crippen molar-refractivity contribution >= 4 is 17.1 Å². The molecule has 4 atom stereocenters. The highest BCUT2D eigenvalue weighted by atomic mass is 16.6. The molecule has 11 heteroatoms. The molecule has 1 fully saturated rings. The molecule has 114 valence electrons. The molecule has 2 aromatic heterocycles. The van der Waals surface area contributed by atoms with Crippen LogP contribution in [0.2, 0.25) is 0 Å². The van der Waals surface area contributed by atoms with E-state index in [0.29, 0.717) is 0 Å². The van der Waals surface area contributed by atoms with Crippen LogP contribution >= 0.6 is 0 Å². The van der Waals surface area contributed by atoms with E-state index < -0.39 is 36.7 Å². The number of fused-ring (bicyclic) bond motifs is 1. The van der Waals surface area contributed by atoms with Crippen LogP contribution < -0.4 is 16.8 Å². The van der Waals surface area contributed by atoms with Gasteiger partial charge < -0.3 is 25.0 Å². The van der Waals surface area contributed by atoms with Crippen molar-refractivity contribution in [2.45, 2.75) is 24.5 Å². The third-order valence-corrected chi connectivity index (χ3v) is 3.38. The molecule has 2 aromatic rings. The molecular formula is C10H14N6O5. The number of ether oxygens (including phenoxy) is 1. The van der Waals surface area contributed by atoms with E-state index in [1.165, 1.54) is 10.9 Å². The Morgan fingerprint density at radius 2 is 2.24 bits per heavy atom. The van der Waals surface area contributed by atoms with Gasteiger partial charge in [-0.25, -0.2) is 15.8 Å². The maximum atomic E-state index is 11.7. The lowest BCUT2D eigenvalue weighted by molar-refractivity contribution is -0.0501. The molecule has 0 spiro atoms. The number of anilines is 1. The van der Waals surface area contributed by atoms with Crippen molar-refractivity contribution < 1.29 is 20.1 Å². The second kappa shape index (κ2) is 5.05. The number of aliphatic hydroxyl groups is 3. The molecule has 0 aliphatic carbocycles. The lowest BCUT2D eigenvalue weighted by Gasteiger charge is -2.18. The number of aromatic amines is 1. The summed E-state index contributed by atoms with van der Waals surface area (Å²) in [6, 6.07) is 0. The SMILES string of the molecule is NNc1nc2c(=O)[nH]cnc2n1C1OC(CO)C(O)C1O. The monoisotopic (exact) mass is 298 g/mol. The molecule has 3 heterocycles. The molecule has 1 saturated heterocycles. The average Bonchev–Trinajstić information content (AvgIpc) is 2.99. The molecule has 0 saturated carbocycles. The van der Waals surface area contributed by atoms with Gasteiger partial charge in [0.15, 0.2) is 17.4 Å². The number of nitrogens with two attached hydrogens (primary N) is 1. The van der Waals surface area contributed by atoms with Crippen molar-refractivity contribution in [2.75, 3.05) is 12.0 Å². The lowest BCUT2D eigenvalue weighted by Crippen LogP contribution is -2.33. The number of aromatic nitrogens is 4. The molecular weight excluding hydrogens is 284 g/mol. The zero-order valence-corrected chi connectivity index (χ0v) is 10.7. The Bertz CT molecular complexity index is 714. The Kier molecular flexibility index (Phi) is 3.35. The Morgan fingerprint density at radius 1 is 1.48 bits per heavy atom. The quantitative estimate of drug-likeness (QED) is 0.255. The van der Waals surface area contributed by atoms with Crippen molar-refractivity contribution in [3.8, 4) is 0 Å². The van der Waals surface area contributed by atoms with Gasteiger partial charge in [-0.05, 0) is 0 Å². The summed E-state index contributed by atoms with van der Waals surface area (Å²) in [6.45, 7) is -0.471. The van der Waals surface area contributed by atoms with Crippen LogP contribution in [0.1, 0.15) is 6.23 Å². The zero-order valence-electron chi connectivity index (χ0n) is 10.7. The fourth-order valence-corrected chi connectivity index (χ4v) is 2.36. The molecule has 11 nitrogen and oxygen atoms in total. The second-order valence-electron chi connectivity index (χ2n) is 4.58. The summed E-state index contributed by atoms with van der Waals surface area (Å²) in [4.78, 5) is 22.0. The molecule has 1 aliphatic heterocycles. The highest BCUT2D eigenvalue weighted by molar-refractivity contribution is 5.73. The van der Waals surface area contributed by atoms with E-state index in [-0.39, 0.29) is 17.1 Å². The Balaban J connectivity index is 2.16. The topological polar surface area (TPSA) is 172 Å². The minimum Gasteiger partial charge on any atom is -0.394 e. The van der Waals surface area contributed by atoms with Crippen molar-refractivity contribution in [3.63, 3.8) is 0 Å². The van der Waals surface area contributed by atoms with Crippen LogP contribution in [0.4, 0.5) is 5.95 Å². The first kappa shape index (κ1) is 13.9. The van der Waals surface area contributed by atoms with E-state index in [1.54, 1.807) is 0 Å². The van der Waals surface area contributed by atoms with Crippen molar-refractivity contribution in [1.29, 1.82) is 0 Å². The number of imidazole rings is 1. The summed E-state index contributed by atoms with van der Waals surface area (Å²) in [5.74, 6) is 5.39. The van der Waals surface area contributed by atoms with Gasteiger partial charge in [-0.1, -0.05) is 0 Å². The molecule has 0 aromatic carbocycles. The first-order valence-electron chi connectivity index (χ1n) is 6.13. The van der Waals surface area contributed by atoms with Gasteiger partial charge >= 0.3 is 0 Å². The van der Waals surface area contributed by atoms with Crippen LogP contribution in [0.5, 0.6) is 0 Å². The molecule has 1 aliphatic rings. The number of H-pyrrole nitrogens is 1. The van der Waals surface area contributed by atoms with Gasteiger partial charge in [0.05, 0.1) is 12.9 Å². The Hall–Kier alpha value is -2.05. The van der Waals surface area contributed by atoms with E-state index in [9.17, 15) is 15.0 Å². The van der Waals surface area contributed by atoms with E-state index in [1.807, 2.05) is 0 Å². The maximum Gasteiger partial charge on any atom is 0.278 e. The molecule has 7 N–H and O–H groups in total. The fraction of sp³-hybridized carbons (Fsp3) is 0.500. The van der Waals surface area contributed by atoms with Gasteiger partial charge in [0.1, 0.15) is 18.3 Å². The number of hydrogen-bond donors (Lipinski definition) is 6. The predicted molar refractivity (Wildman–Crippen MR) is 69.0 cm³/mol. The van der Waals surface area contributed by atoms with Crippen molar-refractivity contribution in [3.05, 3.63) is 16.7 Å². The summed E-state index contributed by atoms with van der Waals surface area (Å²) in [5, 5.41) is 29.0. The largest absolute Gasteiger partial charge is 0.394 e. The third-order valence-electron chi connectivity index (χ3n) is 3.38. The van der Waals surface area contributed by atoms with Gasteiger partial charge in [0, 0.05) is 0 Å². The molecule has 3 rings (SSSR count). The average molecular weight is 298 g/mol. The van der Waals surface area contributed by atoms with Crippen molar-refractivity contribution in [2.24, 2.45) is 5.84 Å². The first-order chi connectivity index (χ1) is 10.1. The number of hydrazine groups is 1. The summed E-state index contributed by atoms with van der Waals surface area (Å²) in [7, 11) is 0. The first-order valence-corrected chi connectivity index (χ1v) is 6.13. The number of nitrogen functional groups attached to an aromatic ring is 1. The number of nitrogens with one attached hydrogen (secondary N) is 2. The minimum atomic E-state index is -1.34. The Morgan fingerprint density at radius 3 is 2.86 bits per heavy atom. The molecule has 0 bridgehead atoms. The summed E-state index contributed by atoms with van der Waals surface area (Å²) < 4.78 is 6.65. The maximum absolute atomic E-state index is 11.7. The predicted octanol–water partition coefficient (Wildman–Crippen LogP) is -2.98. The van der Waals surface area contributed by atoms with Gasteiger partial charge in [-0.15, -0.1) is 0 Å². The molecule has 0 amide bonds. The normalized spacial score (nSPS) is 29.1. The number of aliphatic hydroxyl groups excluding tert-OH is 3. The Labute approximate surface area is 117 Å². The van der Waals surface area contributed by atoms with E-state index in [0.717, 1.165) is 0 Å². The van der Waals surface area contributed by atoms with Crippen LogP contribution in [0.3, 0.4) is 0 Å². The summed E-state index contributed by atoms with van der Waals surface area (Å²) >= 11 is 0. The highest BCUT2D eigenvalue weighted by Gasteiger charge is 2.45. The van der Waals surface area contributed by atoms with Crippen LogP contribution in [-0.2, 0) is 4.74 Å².